The highest BCUT2D eigenvalue weighted by Crippen LogP contribution is 2.32. The average Bonchev–Trinajstić information content (AvgIpc) is 2.01. The molecule has 0 bridgehead atoms. The maximum atomic E-state index is 10.4. The van der Waals surface area contributed by atoms with Crippen molar-refractivity contribution in [3.8, 4) is 0 Å². The maximum Gasteiger partial charge on any atom is 0.304 e. The van der Waals surface area contributed by atoms with Crippen molar-refractivity contribution in [1.82, 2.24) is 0 Å². The summed E-state index contributed by atoms with van der Waals surface area (Å²) in [5.41, 5.74) is 5.92. The van der Waals surface area contributed by atoms with E-state index in [1.807, 2.05) is 6.92 Å². The van der Waals surface area contributed by atoms with Gasteiger partial charge in [-0.2, -0.15) is 0 Å². The molecule has 3 heteroatoms. The van der Waals surface area contributed by atoms with Crippen LogP contribution in [0.15, 0.2) is 0 Å². The van der Waals surface area contributed by atoms with E-state index in [4.69, 9.17) is 10.8 Å². The van der Waals surface area contributed by atoms with Gasteiger partial charge in [0.1, 0.15) is 0 Å². The van der Waals surface area contributed by atoms with Crippen LogP contribution < -0.4 is 5.73 Å². The first kappa shape index (κ1) is 12.4. The maximum absolute atomic E-state index is 10.4. The van der Waals surface area contributed by atoms with Crippen LogP contribution in [0.4, 0.5) is 0 Å². The summed E-state index contributed by atoms with van der Waals surface area (Å²) in [6.07, 6.45) is 1.08. The molecule has 13 heavy (non-hydrogen) atoms. The largest absolute Gasteiger partial charge is 0.481 e. The zero-order valence-electron chi connectivity index (χ0n) is 9.00. The Labute approximate surface area is 80.3 Å². The number of carboxylic acids is 1. The molecule has 0 heterocycles. The van der Waals surface area contributed by atoms with Crippen LogP contribution in [-0.4, -0.2) is 17.1 Å². The molecule has 78 valence electrons. The van der Waals surface area contributed by atoms with Crippen LogP contribution in [0.3, 0.4) is 0 Å². The van der Waals surface area contributed by atoms with E-state index in [-0.39, 0.29) is 23.8 Å². The quantitative estimate of drug-likeness (QED) is 0.690. The van der Waals surface area contributed by atoms with Gasteiger partial charge in [-0.05, 0) is 11.3 Å². The number of nitrogens with two attached hydrogens (primary N) is 1. The minimum absolute atomic E-state index is 0.0601. The van der Waals surface area contributed by atoms with E-state index in [1.165, 1.54) is 0 Å². The van der Waals surface area contributed by atoms with Gasteiger partial charge in [-0.3, -0.25) is 4.79 Å². The van der Waals surface area contributed by atoms with E-state index in [0.29, 0.717) is 0 Å². The SMILES string of the molecule is CCC(C)(C)C(C)C(N)CC(=O)O. The summed E-state index contributed by atoms with van der Waals surface area (Å²) in [5.74, 6) is -0.583. The number of rotatable bonds is 5. The summed E-state index contributed by atoms with van der Waals surface area (Å²) in [6, 6.07) is -0.243. The first-order valence-corrected chi connectivity index (χ1v) is 4.78. The van der Waals surface area contributed by atoms with Crippen LogP contribution in [0.5, 0.6) is 0 Å². The number of carboxylic acid groups (broad SMARTS) is 1. The lowest BCUT2D eigenvalue weighted by molar-refractivity contribution is -0.137. The molecule has 2 atom stereocenters. The lowest BCUT2D eigenvalue weighted by Crippen LogP contribution is -2.39. The van der Waals surface area contributed by atoms with E-state index in [2.05, 4.69) is 20.8 Å². The lowest BCUT2D eigenvalue weighted by atomic mass is 9.73. The van der Waals surface area contributed by atoms with Crippen LogP contribution in [0.1, 0.15) is 40.5 Å². The predicted molar refractivity (Wildman–Crippen MR) is 53.5 cm³/mol. The topological polar surface area (TPSA) is 63.3 Å². The molecule has 3 N–H and O–H groups in total. The van der Waals surface area contributed by atoms with Gasteiger partial charge in [0.25, 0.3) is 0 Å². The Morgan fingerprint density at radius 1 is 1.54 bits per heavy atom. The van der Waals surface area contributed by atoms with Crippen molar-refractivity contribution in [2.75, 3.05) is 0 Å². The predicted octanol–water partition coefficient (Wildman–Crippen LogP) is 1.86. The Hall–Kier alpha value is -0.570. The van der Waals surface area contributed by atoms with E-state index in [9.17, 15) is 4.79 Å². The van der Waals surface area contributed by atoms with Crippen LogP contribution in [0.25, 0.3) is 0 Å². The second-order valence-corrected chi connectivity index (χ2v) is 4.39. The summed E-state index contributed by atoms with van der Waals surface area (Å²) in [5, 5.41) is 8.59. The highest BCUT2D eigenvalue weighted by molar-refractivity contribution is 5.67. The molecule has 0 aromatic heterocycles. The first-order chi connectivity index (χ1) is 5.81. The molecule has 3 nitrogen and oxygen atoms in total. The van der Waals surface area contributed by atoms with Crippen LogP contribution in [-0.2, 0) is 4.79 Å². The first-order valence-electron chi connectivity index (χ1n) is 4.78. The third kappa shape index (κ3) is 3.77. The molecule has 0 radical (unpaired) electrons. The fraction of sp³-hybridized carbons (Fsp3) is 0.900. The molecule has 0 rings (SSSR count). The number of aliphatic carboxylic acids is 1. The van der Waals surface area contributed by atoms with Crippen LogP contribution in [0, 0.1) is 11.3 Å². The van der Waals surface area contributed by atoms with E-state index in [0.717, 1.165) is 6.42 Å². The van der Waals surface area contributed by atoms with Crippen molar-refractivity contribution in [2.24, 2.45) is 17.1 Å². The summed E-state index contributed by atoms with van der Waals surface area (Å²) in [7, 11) is 0. The van der Waals surface area contributed by atoms with Crippen molar-refractivity contribution in [3.05, 3.63) is 0 Å². The highest BCUT2D eigenvalue weighted by Gasteiger charge is 2.29. The van der Waals surface area contributed by atoms with Crippen molar-refractivity contribution in [2.45, 2.75) is 46.6 Å². The number of hydrogen-bond donors (Lipinski definition) is 2. The Bertz CT molecular complexity index is 178. The van der Waals surface area contributed by atoms with Crippen molar-refractivity contribution in [1.29, 1.82) is 0 Å². The molecule has 0 aromatic rings. The summed E-state index contributed by atoms with van der Waals surface area (Å²) in [4.78, 5) is 10.4. The molecular weight excluding hydrogens is 166 g/mol. The van der Waals surface area contributed by atoms with Gasteiger partial charge in [-0.25, -0.2) is 0 Å². The highest BCUT2D eigenvalue weighted by atomic mass is 16.4. The van der Waals surface area contributed by atoms with E-state index >= 15 is 0 Å². The van der Waals surface area contributed by atoms with Crippen molar-refractivity contribution >= 4 is 5.97 Å². The van der Waals surface area contributed by atoms with Gasteiger partial charge >= 0.3 is 5.97 Å². The van der Waals surface area contributed by atoms with E-state index in [1.54, 1.807) is 0 Å². The third-order valence-corrected chi connectivity index (χ3v) is 3.20. The minimum Gasteiger partial charge on any atom is -0.481 e. The summed E-state index contributed by atoms with van der Waals surface area (Å²) in [6.45, 7) is 8.37. The molecule has 0 spiro atoms. The lowest BCUT2D eigenvalue weighted by Gasteiger charge is -2.34. The number of hydrogen-bond acceptors (Lipinski definition) is 2. The molecular formula is C10H21NO2. The monoisotopic (exact) mass is 187 g/mol. The normalized spacial score (nSPS) is 16.7. The van der Waals surface area contributed by atoms with Gasteiger partial charge in [0.2, 0.25) is 0 Å². The standard InChI is InChI=1S/C10H21NO2/c1-5-10(3,4)7(2)8(11)6-9(12)13/h7-8H,5-6,11H2,1-4H3,(H,12,13). The smallest absolute Gasteiger partial charge is 0.304 e. The van der Waals surface area contributed by atoms with Gasteiger partial charge in [-0.1, -0.05) is 34.1 Å². The third-order valence-electron chi connectivity index (χ3n) is 3.20. The van der Waals surface area contributed by atoms with E-state index < -0.39 is 5.97 Å². The molecule has 0 aliphatic rings. The second-order valence-electron chi connectivity index (χ2n) is 4.39. The van der Waals surface area contributed by atoms with Gasteiger partial charge in [0, 0.05) is 6.04 Å². The molecule has 0 amide bonds. The molecule has 0 aliphatic carbocycles. The molecule has 0 saturated carbocycles. The fourth-order valence-electron chi connectivity index (χ4n) is 1.28. The Kier molecular flexibility index (Phi) is 4.40. The molecule has 2 unspecified atom stereocenters. The van der Waals surface area contributed by atoms with Gasteiger partial charge in [0.15, 0.2) is 0 Å². The van der Waals surface area contributed by atoms with Crippen LogP contribution in [0.2, 0.25) is 0 Å². The zero-order chi connectivity index (χ0) is 10.6. The molecule has 0 saturated heterocycles. The molecule has 0 fully saturated rings. The Morgan fingerprint density at radius 3 is 2.31 bits per heavy atom. The fourth-order valence-corrected chi connectivity index (χ4v) is 1.28. The Balaban J connectivity index is 4.24. The minimum atomic E-state index is -0.814. The average molecular weight is 187 g/mol. The van der Waals surface area contributed by atoms with Crippen LogP contribution >= 0.6 is 0 Å². The number of carbonyl (C=O) groups is 1. The van der Waals surface area contributed by atoms with Gasteiger partial charge < -0.3 is 10.8 Å². The Morgan fingerprint density at radius 2 is 2.00 bits per heavy atom. The second kappa shape index (κ2) is 4.61. The van der Waals surface area contributed by atoms with Crippen molar-refractivity contribution in [3.63, 3.8) is 0 Å². The summed E-state index contributed by atoms with van der Waals surface area (Å²) < 4.78 is 0. The molecule has 0 aromatic carbocycles. The molecule has 0 aliphatic heterocycles. The van der Waals surface area contributed by atoms with Gasteiger partial charge in [-0.15, -0.1) is 0 Å². The van der Waals surface area contributed by atoms with Gasteiger partial charge in [0.05, 0.1) is 6.42 Å². The zero-order valence-corrected chi connectivity index (χ0v) is 9.00. The van der Waals surface area contributed by atoms with Crippen molar-refractivity contribution < 1.29 is 9.90 Å². The summed E-state index contributed by atoms with van der Waals surface area (Å²) >= 11 is 0.